The highest BCUT2D eigenvalue weighted by atomic mass is 35.5. The van der Waals surface area contributed by atoms with Gasteiger partial charge in [0.2, 0.25) is 5.91 Å². The molecular weight excluding hydrogens is 416 g/mol. The molecule has 0 spiro atoms. The zero-order valence-corrected chi connectivity index (χ0v) is 17.6. The maximum Gasteiger partial charge on any atom is 0.251 e. The lowest BCUT2D eigenvalue weighted by Crippen LogP contribution is -2.25. The van der Waals surface area contributed by atoms with Crippen molar-refractivity contribution in [2.45, 2.75) is 12.8 Å². The Bertz CT molecular complexity index is 946. The van der Waals surface area contributed by atoms with Crippen LogP contribution in [0.15, 0.2) is 48.5 Å². The minimum Gasteiger partial charge on any atom is -0.492 e. The third-order valence-corrected chi connectivity index (χ3v) is 4.97. The van der Waals surface area contributed by atoms with Crippen LogP contribution in [0.25, 0.3) is 0 Å². The van der Waals surface area contributed by atoms with Crippen molar-refractivity contribution in [2.75, 3.05) is 30.5 Å². The SMILES string of the molecule is CS(=O)(=O)CCOc1cccc(NC(=O)CCCNC(=O)c2ccc(Cl)cc2)c1. The number of carbonyl (C=O) groups excluding carboxylic acids is 2. The monoisotopic (exact) mass is 438 g/mol. The lowest BCUT2D eigenvalue weighted by atomic mass is 10.2. The van der Waals surface area contributed by atoms with E-state index < -0.39 is 9.84 Å². The number of sulfone groups is 1. The van der Waals surface area contributed by atoms with Crippen LogP contribution in [0.2, 0.25) is 5.02 Å². The first-order valence-corrected chi connectivity index (χ1v) is 11.4. The van der Waals surface area contributed by atoms with Crippen LogP contribution in [-0.2, 0) is 14.6 Å². The van der Waals surface area contributed by atoms with Gasteiger partial charge in [-0.3, -0.25) is 9.59 Å². The summed E-state index contributed by atoms with van der Waals surface area (Å²) in [7, 11) is -3.09. The van der Waals surface area contributed by atoms with Gasteiger partial charge in [0.25, 0.3) is 5.91 Å². The first-order valence-electron chi connectivity index (χ1n) is 8.97. The van der Waals surface area contributed by atoms with Gasteiger partial charge in [0.05, 0.1) is 5.75 Å². The van der Waals surface area contributed by atoms with Crippen molar-refractivity contribution >= 4 is 38.9 Å². The van der Waals surface area contributed by atoms with Crippen molar-refractivity contribution in [1.82, 2.24) is 5.32 Å². The molecule has 0 aliphatic carbocycles. The standard InChI is InChI=1S/C20H23ClN2O5S/c1-29(26,27)13-12-28-18-5-2-4-17(14-18)23-19(24)6-3-11-22-20(25)15-7-9-16(21)10-8-15/h2,4-5,7-10,14H,3,6,11-13H2,1H3,(H,22,25)(H,23,24). The summed E-state index contributed by atoms with van der Waals surface area (Å²) in [5, 5.41) is 6.06. The Morgan fingerprint density at radius 1 is 1.10 bits per heavy atom. The predicted octanol–water partition coefficient (Wildman–Crippen LogP) is 2.91. The average Bonchev–Trinajstić information content (AvgIpc) is 2.65. The molecule has 2 aromatic rings. The van der Waals surface area contributed by atoms with Gasteiger partial charge < -0.3 is 15.4 Å². The van der Waals surface area contributed by atoms with Crippen LogP contribution < -0.4 is 15.4 Å². The number of hydrogen-bond donors (Lipinski definition) is 2. The predicted molar refractivity (Wildman–Crippen MR) is 113 cm³/mol. The zero-order valence-electron chi connectivity index (χ0n) is 16.0. The van der Waals surface area contributed by atoms with Crippen LogP contribution in [0.3, 0.4) is 0 Å². The van der Waals surface area contributed by atoms with Gasteiger partial charge in [-0.05, 0) is 42.8 Å². The Balaban J connectivity index is 1.71. The second-order valence-electron chi connectivity index (χ2n) is 6.42. The van der Waals surface area contributed by atoms with Gasteiger partial charge in [0.1, 0.15) is 12.4 Å². The summed E-state index contributed by atoms with van der Waals surface area (Å²) < 4.78 is 27.6. The molecule has 156 valence electrons. The summed E-state index contributed by atoms with van der Waals surface area (Å²) in [6.45, 7) is 0.410. The van der Waals surface area contributed by atoms with Crippen molar-refractivity contribution in [2.24, 2.45) is 0 Å². The second kappa shape index (κ2) is 10.8. The zero-order chi connectivity index (χ0) is 21.3. The summed E-state index contributed by atoms with van der Waals surface area (Å²) in [6, 6.07) is 13.3. The van der Waals surface area contributed by atoms with E-state index in [2.05, 4.69) is 10.6 Å². The molecule has 0 saturated heterocycles. The second-order valence-corrected chi connectivity index (χ2v) is 9.12. The Hall–Kier alpha value is -2.58. The summed E-state index contributed by atoms with van der Waals surface area (Å²) in [5.41, 5.74) is 1.06. The molecule has 2 N–H and O–H groups in total. The van der Waals surface area contributed by atoms with Crippen LogP contribution in [0.4, 0.5) is 5.69 Å². The molecule has 0 saturated carbocycles. The molecule has 7 nitrogen and oxygen atoms in total. The number of halogens is 1. The van der Waals surface area contributed by atoms with Crippen LogP contribution in [-0.4, -0.2) is 45.4 Å². The molecule has 2 amide bonds. The van der Waals surface area contributed by atoms with Crippen LogP contribution in [0.5, 0.6) is 5.75 Å². The maximum absolute atomic E-state index is 12.1. The molecule has 0 heterocycles. The minimum atomic E-state index is -3.09. The van der Waals surface area contributed by atoms with E-state index in [1.165, 1.54) is 0 Å². The summed E-state index contributed by atoms with van der Waals surface area (Å²) >= 11 is 5.79. The van der Waals surface area contributed by atoms with E-state index in [1.807, 2.05) is 0 Å². The van der Waals surface area contributed by atoms with Crippen LogP contribution in [0, 0.1) is 0 Å². The molecule has 0 radical (unpaired) electrons. The number of carbonyl (C=O) groups is 2. The van der Waals surface area contributed by atoms with Crippen LogP contribution in [0.1, 0.15) is 23.2 Å². The highest BCUT2D eigenvalue weighted by molar-refractivity contribution is 7.90. The van der Waals surface area contributed by atoms with E-state index in [0.29, 0.717) is 35.0 Å². The maximum atomic E-state index is 12.1. The number of ether oxygens (including phenoxy) is 1. The van der Waals surface area contributed by atoms with Gasteiger partial charge in [-0.2, -0.15) is 0 Å². The van der Waals surface area contributed by atoms with E-state index in [0.717, 1.165) is 6.26 Å². The average molecular weight is 439 g/mol. The largest absolute Gasteiger partial charge is 0.492 e. The number of anilines is 1. The highest BCUT2D eigenvalue weighted by Crippen LogP contribution is 2.17. The Morgan fingerprint density at radius 2 is 1.83 bits per heavy atom. The molecule has 9 heteroatoms. The van der Waals surface area contributed by atoms with Crippen molar-refractivity contribution in [3.63, 3.8) is 0 Å². The molecule has 0 atom stereocenters. The summed E-state index contributed by atoms with van der Waals surface area (Å²) in [6.07, 6.45) is 1.86. The fraction of sp³-hybridized carbons (Fsp3) is 0.300. The Kier molecular flexibility index (Phi) is 8.48. The van der Waals surface area contributed by atoms with Crippen molar-refractivity contribution < 1.29 is 22.7 Å². The first kappa shape index (κ1) is 22.7. The topological polar surface area (TPSA) is 102 Å². The lowest BCUT2D eigenvalue weighted by molar-refractivity contribution is -0.116. The molecule has 29 heavy (non-hydrogen) atoms. The minimum absolute atomic E-state index is 0.0452. The fourth-order valence-electron chi connectivity index (χ4n) is 2.35. The van der Waals surface area contributed by atoms with Crippen molar-refractivity contribution in [3.05, 3.63) is 59.1 Å². The number of rotatable bonds is 10. The molecule has 0 unspecified atom stereocenters. The number of benzene rings is 2. The Morgan fingerprint density at radius 3 is 2.52 bits per heavy atom. The lowest BCUT2D eigenvalue weighted by Gasteiger charge is -2.09. The van der Waals surface area contributed by atoms with E-state index in [9.17, 15) is 18.0 Å². The van der Waals surface area contributed by atoms with E-state index in [1.54, 1.807) is 48.5 Å². The van der Waals surface area contributed by atoms with Gasteiger partial charge in [-0.1, -0.05) is 17.7 Å². The Labute approximate surface area is 175 Å². The number of hydrogen-bond acceptors (Lipinski definition) is 5. The highest BCUT2D eigenvalue weighted by Gasteiger charge is 2.07. The molecular formula is C20H23ClN2O5S. The van der Waals surface area contributed by atoms with Gasteiger partial charge in [0, 0.05) is 41.6 Å². The normalized spacial score (nSPS) is 11.0. The third kappa shape index (κ3) is 8.97. The molecule has 0 fully saturated rings. The first-order chi connectivity index (χ1) is 13.7. The van der Waals surface area contributed by atoms with E-state index in [4.69, 9.17) is 16.3 Å². The molecule has 0 bridgehead atoms. The van der Waals surface area contributed by atoms with Gasteiger partial charge in [0.15, 0.2) is 9.84 Å². The molecule has 2 rings (SSSR count). The smallest absolute Gasteiger partial charge is 0.251 e. The molecule has 0 aromatic heterocycles. The number of nitrogens with one attached hydrogen (secondary N) is 2. The van der Waals surface area contributed by atoms with Crippen molar-refractivity contribution in [3.8, 4) is 5.75 Å². The summed E-state index contributed by atoms with van der Waals surface area (Å²) in [5.74, 6) is -0.0209. The third-order valence-electron chi connectivity index (χ3n) is 3.81. The van der Waals surface area contributed by atoms with Gasteiger partial charge in [-0.25, -0.2) is 8.42 Å². The van der Waals surface area contributed by atoms with Crippen LogP contribution >= 0.6 is 11.6 Å². The fourth-order valence-corrected chi connectivity index (χ4v) is 2.86. The van der Waals surface area contributed by atoms with E-state index in [-0.39, 0.29) is 30.6 Å². The van der Waals surface area contributed by atoms with Gasteiger partial charge >= 0.3 is 0 Å². The number of amides is 2. The molecule has 0 aliphatic heterocycles. The van der Waals surface area contributed by atoms with E-state index >= 15 is 0 Å². The van der Waals surface area contributed by atoms with Crippen molar-refractivity contribution in [1.29, 1.82) is 0 Å². The molecule has 2 aromatic carbocycles. The summed E-state index contributed by atoms with van der Waals surface area (Å²) in [4.78, 5) is 24.0. The van der Waals surface area contributed by atoms with Gasteiger partial charge in [-0.15, -0.1) is 0 Å². The molecule has 0 aliphatic rings. The quantitative estimate of drug-likeness (QED) is 0.555.